The number of nitrogens with zero attached hydrogens (tertiary/aromatic N) is 1. The van der Waals surface area contributed by atoms with Crippen molar-refractivity contribution in [2.45, 2.75) is 41.5 Å². The molecule has 88 valence electrons. The van der Waals surface area contributed by atoms with Gasteiger partial charge >= 0.3 is 0 Å². The third-order valence-electron chi connectivity index (χ3n) is 1.10. The molecule has 1 aromatic heterocycles. The predicted molar refractivity (Wildman–Crippen MR) is 72.8 cm³/mol. The maximum atomic E-state index is 3.96. The first-order valence-corrected chi connectivity index (χ1v) is 5.66. The summed E-state index contributed by atoms with van der Waals surface area (Å²) in [5, 5.41) is 0. The van der Waals surface area contributed by atoms with E-state index in [9.17, 15) is 0 Å². The van der Waals surface area contributed by atoms with Gasteiger partial charge in [-0.15, -0.1) is 0 Å². The Morgan fingerprint density at radius 3 is 1.73 bits per heavy atom. The topological polar surface area (TPSA) is 28.7 Å². The van der Waals surface area contributed by atoms with Crippen molar-refractivity contribution in [1.82, 2.24) is 9.97 Å². The molecular weight excluding hydrogens is 184 g/mol. The fourth-order valence-corrected chi connectivity index (χ4v) is 0.641. The van der Waals surface area contributed by atoms with E-state index in [-0.39, 0.29) is 0 Å². The Morgan fingerprint density at radius 1 is 1.00 bits per heavy atom. The summed E-state index contributed by atoms with van der Waals surface area (Å²) in [6, 6.07) is 0. The van der Waals surface area contributed by atoms with Gasteiger partial charge in [-0.25, -0.2) is 4.98 Å². The zero-order chi connectivity index (χ0) is 12.7. The molecule has 1 heterocycles. The first kappa shape index (κ1) is 19.3. The highest BCUT2D eigenvalue weighted by atomic mass is 14.9. The number of hydrogen-bond acceptors (Lipinski definition) is 1. The third kappa shape index (κ3) is 9.01. The maximum absolute atomic E-state index is 3.96. The van der Waals surface area contributed by atoms with Gasteiger partial charge in [-0.05, 0) is 12.2 Å². The van der Waals surface area contributed by atoms with Crippen LogP contribution in [0.1, 0.15) is 52.9 Å². The van der Waals surface area contributed by atoms with Crippen LogP contribution >= 0.6 is 0 Å². The maximum Gasteiger partial charge on any atom is 0.0931 e. The molecule has 0 fully saturated rings. The van der Waals surface area contributed by atoms with Gasteiger partial charge < -0.3 is 4.98 Å². The van der Waals surface area contributed by atoms with Crippen molar-refractivity contribution in [3.05, 3.63) is 30.9 Å². The average Bonchev–Trinajstić information content (AvgIpc) is 2.84. The van der Waals surface area contributed by atoms with Crippen LogP contribution in [0.3, 0.4) is 0 Å². The standard InChI is InChI=1S/C7H8N2.3C2H6/c1-3-6-7(4-2)9-5-8-6;3*1-2/h3-5H,1-2H2,(H,8,9);3*1-2H3. The van der Waals surface area contributed by atoms with Crippen LogP contribution in [-0.4, -0.2) is 9.97 Å². The van der Waals surface area contributed by atoms with Gasteiger partial charge in [0.2, 0.25) is 0 Å². The summed E-state index contributed by atoms with van der Waals surface area (Å²) in [5.74, 6) is 0. The fraction of sp³-hybridized carbons (Fsp3) is 0.462. The summed E-state index contributed by atoms with van der Waals surface area (Å²) < 4.78 is 0. The molecule has 0 aliphatic carbocycles. The molecule has 0 aliphatic heterocycles. The predicted octanol–water partition coefficient (Wildman–Crippen LogP) is 4.77. The highest BCUT2D eigenvalue weighted by Crippen LogP contribution is 2.03. The Bertz CT molecular complexity index is 202. The van der Waals surface area contributed by atoms with Crippen molar-refractivity contribution in [1.29, 1.82) is 0 Å². The molecule has 15 heavy (non-hydrogen) atoms. The highest BCUT2D eigenvalue weighted by Gasteiger charge is 1.93. The molecule has 0 aliphatic rings. The molecule has 1 aromatic rings. The van der Waals surface area contributed by atoms with Crippen LogP contribution in [0.2, 0.25) is 0 Å². The molecule has 0 amide bonds. The second kappa shape index (κ2) is 18.5. The van der Waals surface area contributed by atoms with Crippen LogP contribution in [0.5, 0.6) is 0 Å². The van der Waals surface area contributed by atoms with Gasteiger partial charge in [0.1, 0.15) is 0 Å². The van der Waals surface area contributed by atoms with Gasteiger partial charge in [0.05, 0.1) is 17.7 Å². The van der Waals surface area contributed by atoms with Gasteiger partial charge in [0, 0.05) is 0 Å². The number of aromatic amines is 1. The third-order valence-corrected chi connectivity index (χ3v) is 1.10. The lowest BCUT2D eigenvalue weighted by Crippen LogP contribution is -1.73. The number of nitrogens with one attached hydrogen (secondary N) is 1. The largest absolute Gasteiger partial charge is 0.345 e. The Kier molecular flexibility index (Phi) is 23.8. The average molecular weight is 210 g/mol. The zero-order valence-corrected chi connectivity index (χ0v) is 11.1. The van der Waals surface area contributed by atoms with Crippen molar-refractivity contribution < 1.29 is 0 Å². The summed E-state index contributed by atoms with van der Waals surface area (Å²) >= 11 is 0. The van der Waals surface area contributed by atoms with E-state index in [0.29, 0.717) is 0 Å². The van der Waals surface area contributed by atoms with Gasteiger partial charge in [-0.1, -0.05) is 54.7 Å². The summed E-state index contributed by atoms with van der Waals surface area (Å²) in [4.78, 5) is 6.87. The molecule has 2 nitrogen and oxygen atoms in total. The van der Waals surface area contributed by atoms with Crippen molar-refractivity contribution in [3.8, 4) is 0 Å². The summed E-state index contributed by atoms with van der Waals surface area (Å²) in [6.45, 7) is 19.2. The monoisotopic (exact) mass is 210 g/mol. The first-order valence-electron chi connectivity index (χ1n) is 5.66. The molecule has 0 radical (unpaired) electrons. The fourth-order valence-electron chi connectivity index (χ4n) is 0.641. The molecule has 0 aromatic carbocycles. The number of hydrogen-bond donors (Lipinski definition) is 1. The Labute approximate surface area is 95.1 Å². The molecule has 1 rings (SSSR count). The number of H-pyrrole nitrogens is 1. The Morgan fingerprint density at radius 2 is 1.47 bits per heavy atom. The second-order valence-corrected chi connectivity index (χ2v) is 1.61. The molecular formula is C13H26N2. The summed E-state index contributed by atoms with van der Waals surface area (Å²) in [6.07, 6.45) is 5.02. The van der Waals surface area contributed by atoms with Crippen LogP contribution in [0, 0.1) is 0 Å². The van der Waals surface area contributed by atoms with Crippen LogP contribution in [0.15, 0.2) is 19.5 Å². The Balaban J connectivity index is -0.000000208. The summed E-state index contributed by atoms with van der Waals surface area (Å²) in [5.41, 5.74) is 1.77. The van der Waals surface area contributed by atoms with E-state index >= 15 is 0 Å². The van der Waals surface area contributed by atoms with Gasteiger partial charge in [-0.3, -0.25) is 0 Å². The Hall–Kier alpha value is -1.31. The quantitative estimate of drug-likeness (QED) is 0.748. The lowest BCUT2D eigenvalue weighted by atomic mass is 10.3. The minimum atomic E-state index is 0.852. The van der Waals surface area contributed by atoms with E-state index in [4.69, 9.17) is 0 Å². The van der Waals surface area contributed by atoms with E-state index < -0.39 is 0 Å². The molecule has 0 saturated carbocycles. The molecule has 2 heteroatoms. The molecule has 0 saturated heterocycles. The zero-order valence-electron chi connectivity index (χ0n) is 11.1. The normalized spacial score (nSPS) is 6.53. The lowest BCUT2D eigenvalue weighted by molar-refractivity contribution is 1.30. The van der Waals surface area contributed by atoms with Crippen LogP contribution < -0.4 is 0 Å². The minimum absolute atomic E-state index is 0.852. The van der Waals surface area contributed by atoms with E-state index in [0.717, 1.165) is 11.4 Å². The van der Waals surface area contributed by atoms with Crippen molar-refractivity contribution >= 4 is 12.2 Å². The van der Waals surface area contributed by atoms with Gasteiger partial charge in [0.25, 0.3) is 0 Å². The molecule has 0 bridgehead atoms. The number of aromatic nitrogens is 2. The molecule has 0 unspecified atom stereocenters. The van der Waals surface area contributed by atoms with Crippen LogP contribution in [0.25, 0.3) is 12.2 Å². The van der Waals surface area contributed by atoms with E-state index in [1.165, 1.54) is 0 Å². The molecule has 0 spiro atoms. The second-order valence-electron chi connectivity index (χ2n) is 1.61. The van der Waals surface area contributed by atoms with E-state index in [1.807, 2.05) is 41.5 Å². The van der Waals surface area contributed by atoms with E-state index in [2.05, 4.69) is 23.1 Å². The van der Waals surface area contributed by atoms with Crippen molar-refractivity contribution in [3.63, 3.8) is 0 Å². The molecule has 0 atom stereocenters. The van der Waals surface area contributed by atoms with Gasteiger partial charge in [0.15, 0.2) is 0 Å². The minimum Gasteiger partial charge on any atom is -0.345 e. The smallest absolute Gasteiger partial charge is 0.0931 e. The lowest BCUT2D eigenvalue weighted by Gasteiger charge is -1.84. The summed E-state index contributed by atoms with van der Waals surface area (Å²) in [7, 11) is 0. The van der Waals surface area contributed by atoms with Crippen molar-refractivity contribution in [2.24, 2.45) is 0 Å². The SMILES string of the molecule is C=Cc1nc[nH]c1C=C.CC.CC.CC. The molecule has 1 N–H and O–H groups in total. The van der Waals surface area contributed by atoms with Gasteiger partial charge in [-0.2, -0.15) is 0 Å². The van der Waals surface area contributed by atoms with Crippen molar-refractivity contribution in [2.75, 3.05) is 0 Å². The first-order chi connectivity index (χ1) is 7.38. The number of rotatable bonds is 2. The van der Waals surface area contributed by atoms with E-state index in [1.54, 1.807) is 18.5 Å². The van der Waals surface area contributed by atoms with Crippen LogP contribution in [-0.2, 0) is 0 Å². The number of imidazole rings is 1. The van der Waals surface area contributed by atoms with Crippen LogP contribution in [0.4, 0.5) is 0 Å². The highest BCUT2D eigenvalue weighted by molar-refractivity contribution is 5.56.